The largest absolute Gasteiger partial charge is 0.497 e. The Bertz CT molecular complexity index is 833. The predicted octanol–water partition coefficient (Wildman–Crippen LogP) is 1.48. The Morgan fingerprint density at radius 3 is 2.62 bits per heavy atom. The second-order valence-corrected chi connectivity index (χ2v) is 5.06. The number of nitrogens with one attached hydrogen (secondary N) is 2. The van der Waals surface area contributed by atoms with E-state index in [-0.39, 0.29) is 12.2 Å². The minimum Gasteiger partial charge on any atom is -0.497 e. The quantitative estimate of drug-likeness (QED) is 0.442. The number of nitrogens with zero attached hydrogens (tertiary/aromatic N) is 2. The van der Waals surface area contributed by atoms with Gasteiger partial charge in [-0.2, -0.15) is 5.10 Å². The summed E-state index contributed by atoms with van der Waals surface area (Å²) in [6.07, 6.45) is 1.27. The molecule has 0 saturated carbocycles. The van der Waals surface area contributed by atoms with Crippen LogP contribution in [0.25, 0.3) is 0 Å². The van der Waals surface area contributed by atoms with Crippen LogP contribution in [0.5, 0.6) is 5.75 Å². The van der Waals surface area contributed by atoms with Gasteiger partial charge in [0.15, 0.2) is 0 Å². The van der Waals surface area contributed by atoms with Gasteiger partial charge >= 0.3 is 0 Å². The van der Waals surface area contributed by atoms with Crippen LogP contribution in [0.3, 0.4) is 0 Å². The number of rotatable bonds is 7. The number of ether oxygens (including phenoxy) is 1. The summed E-state index contributed by atoms with van der Waals surface area (Å²) >= 11 is 0. The first-order valence-electron chi connectivity index (χ1n) is 7.48. The predicted molar refractivity (Wildman–Crippen MR) is 94.2 cm³/mol. The van der Waals surface area contributed by atoms with E-state index in [9.17, 15) is 19.7 Å². The highest BCUT2D eigenvalue weighted by molar-refractivity contribution is 5.96. The molecule has 0 unspecified atom stereocenters. The molecule has 0 aromatic heterocycles. The van der Waals surface area contributed by atoms with Crippen molar-refractivity contribution in [1.82, 2.24) is 10.7 Å². The minimum absolute atomic E-state index is 0.0768. The molecular formula is C17H16N4O5. The van der Waals surface area contributed by atoms with Crippen LogP contribution in [-0.2, 0) is 4.79 Å². The molecule has 0 aliphatic heterocycles. The zero-order chi connectivity index (χ0) is 18.9. The van der Waals surface area contributed by atoms with Crippen LogP contribution in [0.15, 0.2) is 53.6 Å². The number of hydrogen-bond acceptors (Lipinski definition) is 6. The molecule has 0 aliphatic rings. The van der Waals surface area contributed by atoms with Crippen molar-refractivity contribution in [3.8, 4) is 5.75 Å². The Balaban J connectivity index is 1.82. The molecule has 9 heteroatoms. The molecule has 0 bridgehead atoms. The molecule has 2 rings (SSSR count). The van der Waals surface area contributed by atoms with E-state index < -0.39 is 16.7 Å². The molecular weight excluding hydrogens is 340 g/mol. The summed E-state index contributed by atoms with van der Waals surface area (Å²) in [6, 6.07) is 12.2. The van der Waals surface area contributed by atoms with Gasteiger partial charge in [-0.1, -0.05) is 12.1 Å². The lowest BCUT2D eigenvalue weighted by Gasteiger charge is -2.05. The molecule has 9 nitrogen and oxygen atoms in total. The number of carbonyl (C=O) groups is 2. The van der Waals surface area contributed by atoms with Crippen LogP contribution < -0.4 is 15.5 Å². The van der Waals surface area contributed by atoms with Crippen LogP contribution in [0.1, 0.15) is 15.9 Å². The monoisotopic (exact) mass is 356 g/mol. The number of amides is 2. The van der Waals surface area contributed by atoms with E-state index in [0.717, 1.165) is 0 Å². The lowest BCUT2D eigenvalue weighted by molar-refractivity contribution is -0.384. The fourth-order valence-corrected chi connectivity index (χ4v) is 1.94. The Kier molecular flexibility index (Phi) is 6.38. The highest BCUT2D eigenvalue weighted by Gasteiger charge is 2.08. The average molecular weight is 356 g/mol. The van der Waals surface area contributed by atoms with Gasteiger partial charge in [0.05, 0.1) is 24.8 Å². The summed E-state index contributed by atoms with van der Waals surface area (Å²) in [5, 5.41) is 16.8. The maximum Gasteiger partial charge on any atom is 0.270 e. The van der Waals surface area contributed by atoms with E-state index in [1.54, 1.807) is 30.3 Å². The second-order valence-electron chi connectivity index (χ2n) is 5.06. The van der Waals surface area contributed by atoms with Gasteiger partial charge in [0, 0.05) is 23.3 Å². The number of methoxy groups -OCH3 is 1. The van der Waals surface area contributed by atoms with Gasteiger partial charge in [0.1, 0.15) is 5.75 Å². The number of benzene rings is 2. The summed E-state index contributed by atoms with van der Waals surface area (Å²) in [6.45, 7) is -0.267. The lowest BCUT2D eigenvalue weighted by atomic mass is 10.2. The van der Waals surface area contributed by atoms with Crippen LogP contribution in [0.4, 0.5) is 5.69 Å². The van der Waals surface area contributed by atoms with Gasteiger partial charge in [-0.15, -0.1) is 0 Å². The number of hydrogen-bond donors (Lipinski definition) is 2. The topological polar surface area (TPSA) is 123 Å². The maximum absolute atomic E-state index is 11.9. The van der Waals surface area contributed by atoms with E-state index in [1.807, 2.05) is 0 Å². The number of nitro benzene ring substituents is 1. The Hall–Kier alpha value is -3.75. The van der Waals surface area contributed by atoms with Gasteiger partial charge < -0.3 is 10.1 Å². The Morgan fingerprint density at radius 2 is 1.96 bits per heavy atom. The third-order valence-electron chi connectivity index (χ3n) is 3.25. The van der Waals surface area contributed by atoms with Gasteiger partial charge in [-0.25, -0.2) is 5.43 Å². The van der Waals surface area contributed by atoms with Crippen LogP contribution in [0.2, 0.25) is 0 Å². The van der Waals surface area contributed by atoms with E-state index in [1.165, 1.54) is 31.5 Å². The first kappa shape index (κ1) is 18.6. The number of non-ortho nitro benzene ring substituents is 1. The van der Waals surface area contributed by atoms with Crippen molar-refractivity contribution >= 4 is 23.7 Å². The van der Waals surface area contributed by atoms with E-state index in [4.69, 9.17) is 4.74 Å². The summed E-state index contributed by atoms with van der Waals surface area (Å²) in [7, 11) is 1.52. The third kappa shape index (κ3) is 5.41. The van der Waals surface area contributed by atoms with Crippen molar-refractivity contribution in [2.45, 2.75) is 0 Å². The van der Waals surface area contributed by atoms with Crippen LogP contribution in [-0.4, -0.2) is 36.6 Å². The van der Waals surface area contributed by atoms with Crippen molar-refractivity contribution in [2.24, 2.45) is 5.10 Å². The van der Waals surface area contributed by atoms with E-state index in [0.29, 0.717) is 16.9 Å². The highest BCUT2D eigenvalue weighted by atomic mass is 16.6. The van der Waals surface area contributed by atoms with Crippen molar-refractivity contribution in [1.29, 1.82) is 0 Å². The number of hydrazone groups is 1. The minimum atomic E-state index is -0.534. The summed E-state index contributed by atoms with van der Waals surface area (Å²) < 4.78 is 5.00. The Morgan fingerprint density at radius 1 is 1.23 bits per heavy atom. The molecule has 0 aliphatic carbocycles. The SMILES string of the molecule is COc1ccc(C(=O)NCC(=O)N/N=C/c2cccc([N+](=O)[O-])c2)cc1. The zero-order valence-corrected chi connectivity index (χ0v) is 13.8. The standard InChI is InChI=1S/C17H16N4O5/c1-26-15-7-5-13(6-8-15)17(23)18-11-16(22)20-19-10-12-3-2-4-14(9-12)21(24)25/h2-10H,11H2,1H3,(H,18,23)(H,20,22)/b19-10+. The van der Waals surface area contributed by atoms with Gasteiger partial charge in [-0.05, 0) is 24.3 Å². The van der Waals surface area contributed by atoms with Crippen molar-refractivity contribution in [3.63, 3.8) is 0 Å². The summed E-state index contributed by atoms with van der Waals surface area (Å²) in [5.74, 6) is -0.325. The van der Waals surface area contributed by atoms with Gasteiger partial charge in [0.25, 0.3) is 17.5 Å². The van der Waals surface area contributed by atoms with Gasteiger partial charge in [0.2, 0.25) is 0 Å². The molecule has 0 spiro atoms. The fraction of sp³-hybridized carbons (Fsp3) is 0.118. The van der Waals surface area contributed by atoms with Crippen molar-refractivity contribution in [2.75, 3.05) is 13.7 Å². The maximum atomic E-state index is 11.9. The smallest absolute Gasteiger partial charge is 0.270 e. The summed E-state index contributed by atoms with van der Waals surface area (Å²) in [5.41, 5.74) is 3.00. The van der Waals surface area contributed by atoms with Crippen LogP contribution >= 0.6 is 0 Å². The van der Waals surface area contributed by atoms with Crippen LogP contribution in [0, 0.1) is 10.1 Å². The van der Waals surface area contributed by atoms with E-state index >= 15 is 0 Å². The molecule has 0 atom stereocenters. The molecule has 0 radical (unpaired) electrons. The third-order valence-corrected chi connectivity index (χ3v) is 3.25. The highest BCUT2D eigenvalue weighted by Crippen LogP contribution is 2.12. The van der Waals surface area contributed by atoms with Crippen molar-refractivity contribution in [3.05, 3.63) is 69.8 Å². The lowest BCUT2D eigenvalue weighted by Crippen LogP contribution is -2.34. The first-order valence-corrected chi connectivity index (χ1v) is 7.48. The van der Waals surface area contributed by atoms with Gasteiger partial charge in [-0.3, -0.25) is 19.7 Å². The Labute approximate surface area is 148 Å². The molecule has 134 valence electrons. The fourth-order valence-electron chi connectivity index (χ4n) is 1.94. The van der Waals surface area contributed by atoms with Crippen molar-refractivity contribution < 1.29 is 19.2 Å². The molecule has 0 saturated heterocycles. The molecule has 2 aromatic rings. The molecule has 2 amide bonds. The molecule has 26 heavy (non-hydrogen) atoms. The summed E-state index contributed by atoms with van der Waals surface area (Å²) in [4.78, 5) is 33.7. The first-order chi connectivity index (χ1) is 12.5. The normalized spacial score (nSPS) is 10.3. The zero-order valence-electron chi connectivity index (χ0n) is 13.8. The second kappa shape index (κ2) is 8.92. The molecule has 0 fully saturated rings. The number of nitro groups is 1. The molecule has 0 heterocycles. The van der Waals surface area contributed by atoms with E-state index in [2.05, 4.69) is 15.8 Å². The molecule has 2 N–H and O–H groups in total. The number of carbonyl (C=O) groups excluding carboxylic acids is 2. The average Bonchev–Trinajstić information content (AvgIpc) is 2.66. The molecule has 2 aromatic carbocycles.